The van der Waals surface area contributed by atoms with E-state index in [0.29, 0.717) is 24.8 Å². The zero-order valence-electron chi connectivity index (χ0n) is 18.9. The minimum atomic E-state index is -0.316. The Bertz CT molecular complexity index is 912. The third kappa shape index (κ3) is 6.97. The summed E-state index contributed by atoms with van der Waals surface area (Å²) in [6, 6.07) is 13.9. The molecule has 1 unspecified atom stereocenters. The summed E-state index contributed by atoms with van der Waals surface area (Å²) in [7, 11) is 1.71. The van der Waals surface area contributed by atoms with Gasteiger partial charge in [0.15, 0.2) is 5.96 Å². The molecule has 1 atom stereocenters. The van der Waals surface area contributed by atoms with Crippen molar-refractivity contribution in [1.82, 2.24) is 15.5 Å². The van der Waals surface area contributed by atoms with Crippen LogP contribution < -0.4 is 15.4 Å². The van der Waals surface area contributed by atoms with Crippen LogP contribution in [0.4, 0.5) is 4.39 Å². The van der Waals surface area contributed by atoms with Crippen LogP contribution in [0.25, 0.3) is 0 Å². The van der Waals surface area contributed by atoms with Crippen LogP contribution >= 0.6 is 0 Å². The molecule has 1 aliphatic rings. The molecule has 32 heavy (non-hydrogen) atoms. The Morgan fingerprint density at radius 3 is 2.62 bits per heavy atom. The summed E-state index contributed by atoms with van der Waals surface area (Å²) >= 11 is 0. The zero-order valence-corrected chi connectivity index (χ0v) is 18.9. The monoisotopic (exact) mass is 440 g/mol. The van der Waals surface area contributed by atoms with Crippen molar-refractivity contribution in [3.05, 3.63) is 65.5 Å². The summed E-state index contributed by atoms with van der Waals surface area (Å²) in [4.78, 5) is 19.0. The normalized spacial score (nSPS) is 15.2. The van der Waals surface area contributed by atoms with Crippen molar-refractivity contribution in [3.8, 4) is 5.75 Å². The van der Waals surface area contributed by atoms with Gasteiger partial charge in [0.2, 0.25) is 0 Å². The number of rotatable bonds is 8. The number of benzene rings is 2. The predicted molar refractivity (Wildman–Crippen MR) is 126 cm³/mol. The van der Waals surface area contributed by atoms with Gasteiger partial charge in [0.05, 0.1) is 6.54 Å². The van der Waals surface area contributed by atoms with E-state index in [1.54, 1.807) is 19.2 Å². The lowest BCUT2D eigenvalue weighted by molar-refractivity contribution is 0.0724. The molecular weight excluding hydrogens is 407 g/mol. The van der Waals surface area contributed by atoms with Gasteiger partial charge >= 0.3 is 0 Å². The number of carbonyl (C=O) groups excluding carboxylic acids is 1. The number of halogens is 1. The van der Waals surface area contributed by atoms with E-state index in [0.717, 1.165) is 43.5 Å². The molecule has 7 heteroatoms. The lowest BCUT2D eigenvalue weighted by Crippen LogP contribution is -2.42. The van der Waals surface area contributed by atoms with E-state index >= 15 is 0 Å². The molecule has 1 fully saturated rings. The Hall–Kier alpha value is -3.09. The van der Waals surface area contributed by atoms with E-state index in [1.165, 1.54) is 18.6 Å². The van der Waals surface area contributed by atoms with Crippen molar-refractivity contribution in [2.75, 3.05) is 26.7 Å². The molecular formula is C25H33FN4O2. The van der Waals surface area contributed by atoms with Crippen LogP contribution in [-0.4, -0.2) is 49.6 Å². The van der Waals surface area contributed by atoms with Gasteiger partial charge in [-0.2, -0.15) is 0 Å². The summed E-state index contributed by atoms with van der Waals surface area (Å²) < 4.78 is 19.3. The van der Waals surface area contributed by atoms with E-state index in [2.05, 4.69) is 15.6 Å². The van der Waals surface area contributed by atoms with Crippen LogP contribution in [0.5, 0.6) is 5.75 Å². The van der Waals surface area contributed by atoms with Crippen LogP contribution in [-0.2, 0) is 6.54 Å². The SMILES string of the molecule is CCC(CNC(=NC)NCc1cccc(C(=O)N2CCCCC2)c1)Oc1cccc(F)c1. The Kier molecular flexibility index (Phi) is 8.90. The first kappa shape index (κ1) is 23.6. The average Bonchev–Trinajstić information content (AvgIpc) is 2.83. The predicted octanol–water partition coefficient (Wildman–Crippen LogP) is 3.97. The highest BCUT2D eigenvalue weighted by atomic mass is 19.1. The molecule has 2 aromatic carbocycles. The van der Waals surface area contributed by atoms with Crippen molar-refractivity contribution in [3.63, 3.8) is 0 Å². The molecule has 172 valence electrons. The van der Waals surface area contributed by atoms with Crippen LogP contribution in [0.3, 0.4) is 0 Å². The fourth-order valence-corrected chi connectivity index (χ4v) is 3.71. The lowest BCUT2D eigenvalue weighted by Gasteiger charge is -2.26. The molecule has 0 saturated carbocycles. The fraction of sp³-hybridized carbons (Fsp3) is 0.440. The molecule has 0 radical (unpaired) electrons. The number of carbonyl (C=O) groups is 1. The number of amides is 1. The Balaban J connectivity index is 1.51. The van der Waals surface area contributed by atoms with Gasteiger partial charge in [-0.15, -0.1) is 0 Å². The van der Waals surface area contributed by atoms with Crippen LogP contribution in [0, 0.1) is 5.82 Å². The first-order valence-electron chi connectivity index (χ1n) is 11.3. The number of piperidine rings is 1. The maximum absolute atomic E-state index is 13.4. The number of nitrogens with one attached hydrogen (secondary N) is 2. The second-order valence-electron chi connectivity index (χ2n) is 7.97. The van der Waals surface area contributed by atoms with Gasteiger partial charge in [-0.25, -0.2) is 4.39 Å². The second-order valence-corrected chi connectivity index (χ2v) is 7.97. The van der Waals surface area contributed by atoms with Crippen LogP contribution in [0.1, 0.15) is 48.5 Å². The minimum absolute atomic E-state index is 0.106. The summed E-state index contributed by atoms with van der Waals surface area (Å²) in [5, 5.41) is 6.54. The molecule has 1 aliphatic heterocycles. The van der Waals surface area contributed by atoms with Crippen LogP contribution in [0.2, 0.25) is 0 Å². The van der Waals surface area contributed by atoms with E-state index < -0.39 is 0 Å². The maximum Gasteiger partial charge on any atom is 0.253 e. The molecule has 1 heterocycles. The van der Waals surface area contributed by atoms with Gasteiger partial charge in [0, 0.05) is 38.3 Å². The standard InChI is InChI=1S/C25H33FN4O2/c1-3-22(32-23-12-8-11-21(26)16-23)18-29-25(27-2)28-17-19-9-7-10-20(15-19)24(31)30-13-5-4-6-14-30/h7-12,15-16,22H,3-6,13-14,17-18H2,1-2H3,(H2,27,28,29). The van der Waals surface area contributed by atoms with Crippen molar-refractivity contribution in [1.29, 1.82) is 0 Å². The van der Waals surface area contributed by atoms with Crippen molar-refractivity contribution >= 4 is 11.9 Å². The highest BCUT2D eigenvalue weighted by Gasteiger charge is 2.18. The Morgan fingerprint density at radius 2 is 1.91 bits per heavy atom. The van der Waals surface area contributed by atoms with E-state index in [4.69, 9.17) is 4.74 Å². The quantitative estimate of drug-likeness (QED) is 0.482. The third-order valence-electron chi connectivity index (χ3n) is 5.55. The number of guanidine groups is 1. The molecule has 2 aromatic rings. The summed E-state index contributed by atoms with van der Waals surface area (Å²) in [6.07, 6.45) is 4.00. The van der Waals surface area contributed by atoms with Gasteiger partial charge < -0.3 is 20.3 Å². The van der Waals surface area contributed by atoms with Gasteiger partial charge in [-0.3, -0.25) is 9.79 Å². The number of ether oxygens (including phenoxy) is 1. The van der Waals surface area contributed by atoms with Crippen molar-refractivity contribution in [2.24, 2.45) is 4.99 Å². The van der Waals surface area contributed by atoms with Gasteiger partial charge in [0.1, 0.15) is 17.7 Å². The molecule has 1 saturated heterocycles. The number of aliphatic imine (C=N–C) groups is 1. The lowest BCUT2D eigenvalue weighted by atomic mass is 10.1. The molecule has 3 rings (SSSR count). The van der Waals surface area contributed by atoms with Crippen molar-refractivity contribution in [2.45, 2.75) is 45.3 Å². The van der Waals surface area contributed by atoms with E-state index in [9.17, 15) is 9.18 Å². The Labute approximate surface area is 189 Å². The van der Waals surface area contributed by atoms with Crippen molar-refractivity contribution < 1.29 is 13.9 Å². The van der Waals surface area contributed by atoms with E-state index in [1.807, 2.05) is 36.1 Å². The van der Waals surface area contributed by atoms with E-state index in [-0.39, 0.29) is 17.8 Å². The second kappa shape index (κ2) is 12.1. The highest BCUT2D eigenvalue weighted by Crippen LogP contribution is 2.15. The minimum Gasteiger partial charge on any atom is -0.489 e. The zero-order chi connectivity index (χ0) is 22.8. The Morgan fingerprint density at radius 1 is 1.12 bits per heavy atom. The first-order valence-corrected chi connectivity index (χ1v) is 11.3. The molecule has 1 amide bonds. The third-order valence-corrected chi connectivity index (χ3v) is 5.55. The highest BCUT2D eigenvalue weighted by molar-refractivity contribution is 5.94. The number of hydrogen-bond donors (Lipinski definition) is 2. The van der Waals surface area contributed by atoms with Gasteiger partial charge in [-0.05, 0) is 55.5 Å². The maximum atomic E-state index is 13.4. The molecule has 0 aromatic heterocycles. The number of likely N-dealkylation sites (tertiary alicyclic amines) is 1. The average molecular weight is 441 g/mol. The topological polar surface area (TPSA) is 66.0 Å². The van der Waals surface area contributed by atoms with Gasteiger partial charge in [0.25, 0.3) is 5.91 Å². The van der Waals surface area contributed by atoms with Crippen LogP contribution in [0.15, 0.2) is 53.5 Å². The fourth-order valence-electron chi connectivity index (χ4n) is 3.71. The number of hydrogen-bond acceptors (Lipinski definition) is 3. The van der Waals surface area contributed by atoms with Gasteiger partial charge in [-0.1, -0.05) is 25.1 Å². The molecule has 0 aliphatic carbocycles. The smallest absolute Gasteiger partial charge is 0.253 e. The molecule has 0 spiro atoms. The first-order chi connectivity index (χ1) is 15.6. The molecule has 6 nitrogen and oxygen atoms in total. The summed E-state index contributed by atoms with van der Waals surface area (Å²) in [5.41, 5.74) is 1.74. The molecule has 0 bridgehead atoms. The summed E-state index contributed by atoms with van der Waals surface area (Å²) in [6.45, 7) is 4.78. The molecule has 2 N–H and O–H groups in total. The summed E-state index contributed by atoms with van der Waals surface area (Å²) in [5.74, 6) is 0.939. The number of nitrogens with zero attached hydrogens (tertiary/aromatic N) is 2. The largest absolute Gasteiger partial charge is 0.489 e.